The van der Waals surface area contributed by atoms with Crippen LogP contribution in [0.3, 0.4) is 0 Å². The predicted octanol–water partition coefficient (Wildman–Crippen LogP) is 10.4. The highest BCUT2D eigenvalue weighted by Gasteiger charge is 2.28. The van der Waals surface area contributed by atoms with Gasteiger partial charge in [0.25, 0.3) is 0 Å². The van der Waals surface area contributed by atoms with Crippen LogP contribution in [-0.2, 0) is 37.5 Å². The van der Waals surface area contributed by atoms with Gasteiger partial charge in [0.2, 0.25) is 0 Å². The van der Waals surface area contributed by atoms with Gasteiger partial charge in [-0.15, -0.1) is 0 Å². The molecule has 11 nitrogen and oxygen atoms in total. The van der Waals surface area contributed by atoms with E-state index >= 15 is 0 Å². The largest absolute Gasteiger partial charge is 0.480 e. The summed E-state index contributed by atoms with van der Waals surface area (Å²) in [5.41, 5.74) is 5.32. The molecule has 3 atom stereocenters. The number of carbonyl (C=O) groups is 3. The highest BCUT2D eigenvalue weighted by atomic mass is 31.2. The maximum atomic E-state index is 12.6. The summed E-state index contributed by atoms with van der Waals surface area (Å²) in [6, 6.07) is -1.53. The summed E-state index contributed by atoms with van der Waals surface area (Å²) in [4.78, 5) is 45.8. The number of phosphoric acid groups is 1. The Labute approximate surface area is 326 Å². The van der Waals surface area contributed by atoms with Gasteiger partial charge in [-0.25, -0.2) is 4.57 Å². The first-order valence-corrected chi connectivity index (χ1v) is 21.8. The summed E-state index contributed by atoms with van der Waals surface area (Å²) in [5, 5.41) is 8.87. The van der Waals surface area contributed by atoms with Crippen molar-refractivity contribution in [2.75, 3.05) is 19.8 Å². The van der Waals surface area contributed by atoms with Gasteiger partial charge in [-0.3, -0.25) is 23.4 Å². The molecule has 0 spiro atoms. The Kier molecular flexibility index (Phi) is 35.2. The maximum Gasteiger partial charge on any atom is 0.472 e. The number of esters is 2. The van der Waals surface area contributed by atoms with Crippen molar-refractivity contribution in [3.63, 3.8) is 0 Å². The Morgan fingerprint density at radius 3 is 1.50 bits per heavy atom. The Bertz CT molecular complexity index is 1150. The van der Waals surface area contributed by atoms with Crippen LogP contribution in [0.5, 0.6) is 0 Å². The number of unbranched alkanes of at least 4 members (excludes halogenated alkanes) is 13. The van der Waals surface area contributed by atoms with E-state index in [0.29, 0.717) is 12.8 Å². The molecule has 0 heterocycles. The number of rotatable bonds is 37. The fourth-order valence-electron chi connectivity index (χ4n) is 4.98. The monoisotopic (exact) mass is 781 g/mol. The number of carbonyl (C=O) groups excluding carboxylic acids is 2. The second-order valence-corrected chi connectivity index (χ2v) is 14.9. The van der Waals surface area contributed by atoms with Crippen LogP contribution < -0.4 is 5.73 Å². The lowest BCUT2D eigenvalue weighted by molar-refractivity contribution is -0.161. The van der Waals surface area contributed by atoms with Crippen molar-refractivity contribution in [3.8, 4) is 0 Å². The van der Waals surface area contributed by atoms with Crippen LogP contribution in [-0.4, -0.2) is 59.9 Å². The zero-order valence-electron chi connectivity index (χ0n) is 33.3. The smallest absolute Gasteiger partial charge is 0.472 e. The van der Waals surface area contributed by atoms with Gasteiger partial charge in [-0.1, -0.05) is 120 Å². The highest BCUT2D eigenvalue weighted by Crippen LogP contribution is 2.43. The molecule has 0 aliphatic heterocycles. The molecule has 0 saturated heterocycles. The normalized spacial score (nSPS) is 14.4. The molecule has 0 aromatic heterocycles. The third kappa shape index (κ3) is 36.2. The molecular formula is C42H72NO10P. The van der Waals surface area contributed by atoms with E-state index < -0.39 is 51.1 Å². The third-order valence-corrected chi connectivity index (χ3v) is 9.19. The van der Waals surface area contributed by atoms with Crippen molar-refractivity contribution in [2.45, 2.75) is 167 Å². The number of aliphatic carboxylic acids is 1. The fourth-order valence-corrected chi connectivity index (χ4v) is 5.76. The van der Waals surface area contributed by atoms with Gasteiger partial charge in [0.15, 0.2) is 6.10 Å². The average Bonchev–Trinajstić information content (AvgIpc) is 3.14. The van der Waals surface area contributed by atoms with Crippen LogP contribution in [0.2, 0.25) is 0 Å². The number of carboxylic acids is 1. The summed E-state index contributed by atoms with van der Waals surface area (Å²) in [6.07, 6.45) is 41.4. The number of carboxylic acid groups (broad SMARTS) is 1. The lowest BCUT2D eigenvalue weighted by atomic mass is 10.1. The van der Waals surface area contributed by atoms with E-state index in [1.54, 1.807) is 0 Å². The molecule has 1 unspecified atom stereocenters. The zero-order chi connectivity index (χ0) is 40.0. The molecule has 0 aromatic carbocycles. The van der Waals surface area contributed by atoms with Gasteiger partial charge in [0.1, 0.15) is 12.6 Å². The molecule has 0 amide bonds. The van der Waals surface area contributed by atoms with Crippen molar-refractivity contribution >= 4 is 25.7 Å². The Hall–Kier alpha value is -2.82. The van der Waals surface area contributed by atoms with Gasteiger partial charge in [0, 0.05) is 12.8 Å². The van der Waals surface area contributed by atoms with Gasteiger partial charge in [-0.05, 0) is 83.5 Å². The van der Waals surface area contributed by atoms with Crippen LogP contribution in [0.25, 0.3) is 0 Å². The molecular weight excluding hydrogens is 709 g/mol. The molecule has 0 aliphatic rings. The molecule has 4 N–H and O–H groups in total. The fraction of sp³-hybridized carbons (Fsp3) is 0.690. The highest BCUT2D eigenvalue weighted by molar-refractivity contribution is 7.47. The number of allylic oxidation sites excluding steroid dienone is 10. The van der Waals surface area contributed by atoms with Gasteiger partial charge < -0.3 is 25.2 Å². The van der Waals surface area contributed by atoms with Crippen LogP contribution in [0.15, 0.2) is 60.8 Å². The first-order valence-electron chi connectivity index (χ1n) is 20.3. The van der Waals surface area contributed by atoms with E-state index in [1.165, 1.54) is 38.5 Å². The van der Waals surface area contributed by atoms with Crippen molar-refractivity contribution in [1.82, 2.24) is 0 Å². The number of phosphoric ester groups is 1. The minimum absolute atomic E-state index is 0.107. The van der Waals surface area contributed by atoms with E-state index in [1.807, 2.05) is 0 Å². The molecule has 0 radical (unpaired) electrons. The Morgan fingerprint density at radius 2 is 0.981 bits per heavy atom. The number of nitrogens with two attached hydrogens (primary N) is 1. The van der Waals surface area contributed by atoms with Crippen LogP contribution in [0.4, 0.5) is 0 Å². The van der Waals surface area contributed by atoms with Crippen LogP contribution in [0.1, 0.15) is 155 Å². The number of hydrogen-bond acceptors (Lipinski definition) is 9. The van der Waals surface area contributed by atoms with Crippen LogP contribution in [0, 0.1) is 0 Å². The summed E-state index contributed by atoms with van der Waals surface area (Å²) >= 11 is 0. The topological polar surface area (TPSA) is 172 Å². The van der Waals surface area contributed by atoms with Crippen molar-refractivity contribution in [3.05, 3.63) is 60.8 Å². The molecule has 0 rings (SSSR count). The first kappa shape index (κ1) is 51.2. The molecule has 0 aromatic rings. The average molecular weight is 782 g/mol. The minimum Gasteiger partial charge on any atom is -0.480 e. The summed E-state index contributed by atoms with van der Waals surface area (Å²) < 4.78 is 32.6. The minimum atomic E-state index is -4.73. The van der Waals surface area contributed by atoms with Crippen LogP contribution >= 0.6 is 7.82 Å². The van der Waals surface area contributed by atoms with E-state index in [4.69, 9.17) is 24.8 Å². The lowest BCUT2D eigenvalue weighted by Gasteiger charge is -2.20. The first-order chi connectivity index (χ1) is 26.1. The summed E-state index contributed by atoms with van der Waals surface area (Å²) in [5.74, 6) is -2.45. The molecule has 0 bridgehead atoms. The lowest BCUT2D eigenvalue weighted by Crippen LogP contribution is -2.34. The van der Waals surface area contributed by atoms with E-state index in [-0.39, 0.29) is 19.4 Å². The quantitative estimate of drug-likeness (QED) is 0.0237. The van der Waals surface area contributed by atoms with Gasteiger partial charge in [-0.2, -0.15) is 0 Å². The molecule has 0 fully saturated rings. The standard InChI is InChI=1S/C42H72NO10P/c1-3-5-7-9-11-13-15-17-19-21-23-25-27-29-31-33-40(44)50-35-38(36-51-54(48,49)52-37-39(43)42(46)47)53-41(45)34-32-30-28-26-24-22-20-18-16-14-12-10-8-6-4-2/h11-14,17-20,24,26,38-39H,3-10,15-16,21-23,25,27-37,43H2,1-2H3,(H,46,47)(H,48,49)/b13-11+,14-12+,19-17+,20-18+,26-24+/t38-,39+/m1/s1. The molecule has 0 aliphatic carbocycles. The zero-order valence-corrected chi connectivity index (χ0v) is 34.2. The Morgan fingerprint density at radius 1 is 0.574 bits per heavy atom. The third-order valence-electron chi connectivity index (χ3n) is 8.24. The molecule has 54 heavy (non-hydrogen) atoms. The molecule has 0 saturated carbocycles. The molecule has 12 heteroatoms. The van der Waals surface area contributed by atoms with Crippen molar-refractivity contribution < 1.29 is 47.5 Å². The second kappa shape index (κ2) is 37.1. The molecule has 310 valence electrons. The SMILES string of the molecule is CCCCC/C=C/C/C=C/C/C=C/CCCCC(=O)O[C@H](COC(=O)CCCCCCC/C=C/C/C=C/CCCCC)COP(=O)(O)OC[C@H](N)C(=O)O. The number of ether oxygens (including phenoxy) is 2. The van der Waals surface area contributed by atoms with E-state index in [0.717, 1.165) is 77.0 Å². The van der Waals surface area contributed by atoms with E-state index in [2.05, 4.69) is 79.1 Å². The summed E-state index contributed by atoms with van der Waals surface area (Å²) in [6.45, 7) is 2.67. The Balaban J connectivity index is 4.52. The second-order valence-electron chi connectivity index (χ2n) is 13.4. The summed E-state index contributed by atoms with van der Waals surface area (Å²) in [7, 11) is -4.73. The van der Waals surface area contributed by atoms with Gasteiger partial charge in [0.05, 0.1) is 13.2 Å². The van der Waals surface area contributed by atoms with Crippen molar-refractivity contribution in [1.29, 1.82) is 0 Å². The van der Waals surface area contributed by atoms with Gasteiger partial charge >= 0.3 is 25.7 Å². The predicted molar refractivity (Wildman–Crippen MR) is 217 cm³/mol. The van der Waals surface area contributed by atoms with E-state index in [9.17, 15) is 23.8 Å². The number of hydrogen-bond donors (Lipinski definition) is 3. The van der Waals surface area contributed by atoms with Crippen molar-refractivity contribution in [2.24, 2.45) is 5.73 Å². The maximum absolute atomic E-state index is 12.6.